The Labute approximate surface area is 195 Å². The van der Waals surface area contributed by atoms with E-state index in [1.165, 1.54) is 16.8 Å². The molecule has 0 radical (unpaired) electrons. The van der Waals surface area contributed by atoms with Crippen LogP contribution in [0.1, 0.15) is 19.3 Å². The van der Waals surface area contributed by atoms with E-state index in [0.29, 0.717) is 12.4 Å². The average Bonchev–Trinajstić information content (AvgIpc) is 3.22. The summed E-state index contributed by atoms with van der Waals surface area (Å²) in [7, 11) is -3.93. The summed E-state index contributed by atoms with van der Waals surface area (Å²) in [5.41, 5.74) is 6.53. The lowest BCUT2D eigenvalue weighted by molar-refractivity contribution is -0.122. The summed E-state index contributed by atoms with van der Waals surface area (Å²) in [4.78, 5) is 16.7. The molecular weight excluding hydrogens is 468 g/mol. The fourth-order valence-corrected chi connectivity index (χ4v) is 7.58. The Bertz CT molecular complexity index is 1150. The van der Waals surface area contributed by atoms with Crippen LogP contribution >= 0.6 is 23.1 Å². The van der Waals surface area contributed by atoms with Crippen LogP contribution in [0.25, 0.3) is 10.2 Å². The van der Waals surface area contributed by atoms with Gasteiger partial charge in [0.25, 0.3) is 0 Å². The number of hydrogen-bond acceptors (Lipinski definition) is 8. The lowest BCUT2D eigenvalue weighted by atomic mass is 9.98. The van der Waals surface area contributed by atoms with Crippen LogP contribution in [-0.2, 0) is 19.4 Å². The smallest absolute Gasteiger partial charge is 0.239 e. The summed E-state index contributed by atoms with van der Waals surface area (Å²) in [6.45, 7) is 0.892. The van der Waals surface area contributed by atoms with Gasteiger partial charge in [-0.15, -0.1) is 11.3 Å². The maximum atomic E-state index is 13.2. The second-order valence-electron chi connectivity index (χ2n) is 7.44. The molecule has 3 aromatic rings. The third-order valence-electron chi connectivity index (χ3n) is 5.46. The van der Waals surface area contributed by atoms with E-state index < -0.39 is 20.5 Å². The number of ether oxygens (including phenoxy) is 2. The van der Waals surface area contributed by atoms with Gasteiger partial charge in [-0.2, -0.15) is 0 Å². The SMILES string of the molecule is NC(=O)C1(S(=O)(=O)c2ccc(OCCCSc3nc4ccccc4s3)cc2)CCOCC1. The van der Waals surface area contributed by atoms with E-state index in [1.807, 2.05) is 18.2 Å². The Hall–Kier alpha value is -2.14. The van der Waals surface area contributed by atoms with Crippen molar-refractivity contribution in [2.45, 2.75) is 33.2 Å². The number of amides is 1. The second kappa shape index (κ2) is 9.78. The quantitative estimate of drug-likeness (QED) is 0.359. The van der Waals surface area contributed by atoms with Gasteiger partial charge in [0.1, 0.15) is 5.75 Å². The molecule has 2 aromatic carbocycles. The number of primary amides is 1. The van der Waals surface area contributed by atoms with Crippen LogP contribution < -0.4 is 10.5 Å². The highest BCUT2D eigenvalue weighted by Gasteiger charge is 2.51. The molecule has 0 saturated carbocycles. The minimum absolute atomic E-state index is 0.0647. The van der Waals surface area contributed by atoms with Gasteiger partial charge in [-0.05, 0) is 55.7 Å². The van der Waals surface area contributed by atoms with Crippen molar-refractivity contribution in [3.8, 4) is 5.75 Å². The topological polar surface area (TPSA) is 109 Å². The van der Waals surface area contributed by atoms with Gasteiger partial charge in [-0.1, -0.05) is 23.9 Å². The number of nitrogens with two attached hydrogens (primary N) is 1. The highest BCUT2D eigenvalue weighted by molar-refractivity contribution is 8.01. The lowest BCUT2D eigenvalue weighted by Gasteiger charge is -2.33. The molecule has 1 amide bonds. The van der Waals surface area contributed by atoms with Crippen LogP contribution in [0.2, 0.25) is 0 Å². The van der Waals surface area contributed by atoms with E-state index in [0.717, 1.165) is 22.0 Å². The first kappa shape index (κ1) is 23.0. The highest BCUT2D eigenvalue weighted by atomic mass is 32.2. The molecule has 1 saturated heterocycles. The summed E-state index contributed by atoms with van der Waals surface area (Å²) in [5.74, 6) is 0.621. The van der Waals surface area contributed by atoms with Gasteiger partial charge in [0.05, 0.1) is 21.7 Å². The molecular formula is C22H24N2O5S3. The number of thiazole rings is 1. The number of carbonyl (C=O) groups is 1. The number of benzene rings is 2. The molecule has 4 rings (SSSR count). The van der Waals surface area contributed by atoms with Crippen molar-refractivity contribution in [2.75, 3.05) is 25.6 Å². The fraction of sp³-hybridized carbons (Fsp3) is 0.364. The third-order valence-corrected chi connectivity index (χ3v) is 10.3. The Morgan fingerprint density at radius 3 is 2.56 bits per heavy atom. The number of thioether (sulfide) groups is 1. The molecule has 1 aromatic heterocycles. The molecule has 2 N–H and O–H groups in total. The predicted octanol–water partition coefficient (Wildman–Crippen LogP) is 3.67. The summed E-state index contributed by atoms with van der Waals surface area (Å²) in [6, 6.07) is 14.2. The predicted molar refractivity (Wildman–Crippen MR) is 126 cm³/mol. The van der Waals surface area contributed by atoms with E-state index in [-0.39, 0.29) is 31.0 Å². The third kappa shape index (κ3) is 4.63. The van der Waals surface area contributed by atoms with Crippen molar-refractivity contribution in [1.82, 2.24) is 4.98 Å². The maximum absolute atomic E-state index is 13.2. The summed E-state index contributed by atoms with van der Waals surface area (Å²) < 4.78 is 37.9. The van der Waals surface area contributed by atoms with Gasteiger partial charge in [-0.25, -0.2) is 13.4 Å². The summed E-state index contributed by atoms with van der Waals surface area (Å²) in [5, 5.41) is 0. The van der Waals surface area contributed by atoms with E-state index in [9.17, 15) is 13.2 Å². The van der Waals surface area contributed by atoms with Crippen LogP contribution in [0.5, 0.6) is 5.75 Å². The number of sulfone groups is 1. The Morgan fingerprint density at radius 1 is 1.16 bits per heavy atom. The van der Waals surface area contributed by atoms with Crippen molar-refractivity contribution < 1.29 is 22.7 Å². The van der Waals surface area contributed by atoms with Crippen LogP contribution in [0.15, 0.2) is 57.8 Å². The first-order valence-corrected chi connectivity index (χ1v) is 13.5. The van der Waals surface area contributed by atoms with Gasteiger partial charge >= 0.3 is 0 Å². The molecule has 0 aliphatic carbocycles. The van der Waals surface area contributed by atoms with E-state index in [1.54, 1.807) is 35.2 Å². The molecule has 1 aliphatic heterocycles. The number of nitrogens with zero attached hydrogens (tertiary/aromatic N) is 1. The maximum Gasteiger partial charge on any atom is 0.239 e. The molecule has 32 heavy (non-hydrogen) atoms. The summed E-state index contributed by atoms with van der Waals surface area (Å²) >= 11 is 3.38. The van der Waals surface area contributed by atoms with Crippen molar-refractivity contribution >= 4 is 49.1 Å². The van der Waals surface area contributed by atoms with E-state index >= 15 is 0 Å². The Kier molecular flexibility index (Phi) is 7.04. The lowest BCUT2D eigenvalue weighted by Crippen LogP contribution is -2.53. The normalized spacial score (nSPS) is 16.1. The van der Waals surface area contributed by atoms with Gasteiger partial charge < -0.3 is 15.2 Å². The molecule has 1 fully saturated rings. The van der Waals surface area contributed by atoms with Crippen LogP contribution in [0.4, 0.5) is 0 Å². The first-order chi connectivity index (χ1) is 15.4. The zero-order valence-electron chi connectivity index (χ0n) is 17.4. The monoisotopic (exact) mass is 492 g/mol. The first-order valence-electron chi connectivity index (χ1n) is 10.3. The minimum Gasteiger partial charge on any atom is -0.494 e. The molecule has 170 valence electrons. The largest absolute Gasteiger partial charge is 0.494 e. The van der Waals surface area contributed by atoms with Crippen molar-refractivity contribution in [3.05, 3.63) is 48.5 Å². The number of rotatable bonds is 9. The Morgan fingerprint density at radius 2 is 1.88 bits per heavy atom. The molecule has 10 heteroatoms. The van der Waals surface area contributed by atoms with E-state index in [4.69, 9.17) is 15.2 Å². The number of hydrogen-bond donors (Lipinski definition) is 1. The molecule has 2 heterocycles. The number of carbonyl (C=O) groups excluding carboxylic acids is 1. The fourth-order valence-electron chi connectivity index (χ4n) is 3.61. The number of fused-ring (bicyclic) bond motifs is 1. The van der Waals surface area contributed by atoms with Gasteiger partial charge in [0.15, 0.2) is 18.9 Å². The minimum atomic E-state index is -3.93. The van der Waals surface area contributed by atoms with Crippen molar-refractivity contribution in [3.63, 3.8) is 0 Å². The van der Waals surface area contributed by atoms with E-state index in [2.05, 4.69) is 11.1 Å². The molecule has 0 atom stereocenters. The standard InChI is InChI=1S/C22H24N2O5S3/c23-20(25)22(10-13-28-14-11-22)32(26,27)17-8-6-16(7-9-17)29-12-3-15-30-21-24-18-4-1-2-5-19(18)31-21/h1-2,4-9H,3,10-15H2,(H2,23,25). The number of aromatic nitrogens is 1. The molecule has 1 aliphatic rings. The molecule has 0 spiro atoms. The van der Waals surface area contributed by atoms with Crippen LogP contribution in [-0.4, -0.2) is 49.6 Å². The zero-order valence-corrected chi connectivity index (χ0v) is 19.8. The molecule has 7 nitrogen and oxygen atoms in total. The summed E-state index contributed by atoms with van der Waals surface area (Å²) in [6.07, 6.45) is 0.954. The van der Waals surface area contributed by atoms with Gasteiger partial charge in [0, 0.05) is 19.0 Å². The number of para-hydroxylation sites is 1. The van der Waals surface area contributed by atoms with Crippen LogP contribution in [0.3, 0.4) is 0 Å². The molecule has 0 bridgehead atoms. The van der Waals surface area contributed by atoms with Gasteiger partial charge in [-0.3, -0.25) is 4.79 Å². The van der Waals surface area contributed by atoms with Crippen molar-refractivity contribution in [2.24, 2.45) is 5.73 Å². The molecule has 0 unspecified atom stereocenters. The highest BCUT2D eigenvalue weighted by Crippen LogP contribution is 2.35. The van der Waals surface area contributed by atoms with Crippen LogP contribution in [0, 0.1) is 0 Å². The van der Waals surface area contributed by atoms with Gasteiger partial charge in [0.2, 0.25) is 5.91 Å². The van der Waals surface area contributed by atoms with Crippen molar-refractivity contribution in [1.29, 1.82) is 0 Å². The zero-order chi connectivity index (χ0) is 22.6. The second-order valence-corrected chi connectivity index (χ2v) is 12.1. The average molecular weight is 493 g/mol. The Balaban J connectivity index is 1.31.